The van der Waals surface area contributed by atoms with Crippen molar-refractivity contribution < 1.29 is 14.3 Å². The standard InChI is InChI=1S/C11H21FO2/c1-3-5-7-11(4-2,10(13)14)8-6-9-12/h3-9H2,1-2H3,(H,13,14). The smallest absolute Gasteiger partial charge is 0.309 e. The third-order valence-electron chi connectivity index (χ3n) is 2.93. The van der Waals surface area contributed by atoms with Crippen molar-refractivity contribution in [2.45, 2.75) is 52.4 Å². The molecule has 1 unspecified atom stereocenters. The van der Waals surface area contributed by atoms with Crippen molar-refractivity contribution in [2.24, 2.45) is 5.41 Å². The number of alkyl halides is 1. The monoisotopic (exact) mass is 204 g/mol. The molecule has 1 N–H and O–H groups in total. The topological polar surface area (TPSA) is 37.3 Å². The van der Waals surface area contributed by atoms with Crippen LogP contribution in [0.4, 0.5) is 4.39 Å². The van der Waals surface area contributed by atoms with E-state index in [0.717, 1.165) is 12.8 Å². The number of halogens is 1. The van der Waals surface area contributed by atoms with Crippen LogP contribution in [0.25, 0.3) is 0 Å². The van der Waals surface area contributed by atoms with E-state index in [1.54, 1.807) is 0 Å². The number of rotatable bonds is 8. The Hall–Kier alpha value is -0.600. The van der Waals surface area contributed by atoms with E-state index in [0.29, 0.717) is 25.7 Å². The Morgan fingerprint density at radius 2 is 1.86 bits per heavy atom. The molecule has 0 spiro atoms. The van der Waals surface area contributed by atoms with E-state index in [4.69, 9.17) is 5.11 Å². The molecule has 0 aromatic rings. The molecular weight excluding hydrogens is 183 g/mol. The number of unbranched alkanes of at least 4 members (excludes halogenated alkanes) is 1. The predicted octanol–water partition coefficient (Wildman–Crippen LogP) is 3.41. The second-order valence-corrected chi connectivity index (χ2v) is 3.84. The van der Waals surface area contributed by atoms with Crippen LogP contribution >= 0.6 is 0 Å². The molecular formula is C11H21FO2. The summed E-state index contributed by atoms with van der Waals surface area (Å²) in [5.41, 5.74) is -0.678. The Kier molecular flexibility index (Phi) is 6.50. The third-order valence-corrected chi connectivity index (χ3v) is 2.93. The van der Waals surface area contributed by atoms with Crippen molar-refractivity contribution in [1.29, 1.82) is 0 Å². The van der Waals surface area contributed by atoms with E-state index in [-0.39, 0.29) is 0 Å². The number of hydrogen-bond acceptors (Lipinski definition) is 1. The van der Waals surface area contributed by atoms with Gasteiger partial charge in [-0.1, -0.05) is 26.7 Å². The number of carboxylic acids is 1. The molecule has 0 aromatic heterocycles. The lowest BCUT2D eigenvalue weighted by molar-refractivity contribution is -0.150. The van der Waals surface area contributed by atoms with E-state index < -0.39 is 18.1 Å². The van der Waals surface area contributed by atoms with Crippen LogP contribution in [0.5, 0.6) is 0 Å². The summed E-state index contributed by atoms with van der Waals surface area (Å²) in [6, 6.07) is 0. The van der Waals surface area contributed by atoms with Gasteiger partial charge in [0.1, 0.15) is 0 Å². The minimum Gasteiger partial charge on any atom is -0.481 e. The summed E-state index contributed by atoms with van der Waals surface area (Å²) in [4.78, 5) is 11.1. The first-order valence-electron chi connectivity index (χ1n) is 5.42. The maximum atomic E-state index is 12.1. The molecule has 1 atom stereocenters. The average Bonchev–Trinajstić information content (AvgIpc) is 2.18. The van der Waals surface area contributed by atoms with Gasteiger partial charge in [-0.3, -0.25) is 9.18 Å². The zero-order chi connectivity index (χ0) is 11.0. The number of hydrogen-bond donors (Lipinski definition) is 1. The molecule has 0 amide bonds. The lowest BCUT2D eigenvalue weighted by Gasteiger charge is -2.27. The van der Waals surface area contributed by atoms with Gasteiger partial charge in [-0.25, -0.2) is 0 Å². The van der Waals surface area contributed by atoms with E-state index in [1.165, 1.54) is 0 Å². The van der Waals surface area contributed by atoms with Gasteiger partial charge in [-0.05, 0) is 25.7 Å². The number of aliphatic carboxylic acids is 1. The van der Waals surface area contributed by atoms with Gasteiger partial charge in [0.25, 0.3) is 0 Å². The van der Waals surface area contributed by atoms with Crippen LogP contribution in [0.15, 0.2) is 0 Å². The highest BCUT2D eigenvalue weighted by Crippen LogP contribution is 2.34. The fourth-order valence-electron chi connectivity index (χ4n) is 1.76. The zero-order valence-corrected chi connectivity index (χ0v) is 9.18. The first-order valence-corrected chi connectivity index (χ1v) is 5.42. The van der Waals surface area contributed by atoms with Crippen molar-refractivity contribution in [1.82, 2.24) is 0 Å². The van der Waals surface area contributed by atoms with Crippen molar-refractivity contribution >= 4 is 5.97 Å². The molecule has 0 radical (unpaired) electrons. The Bertz CT molecular complexity index is 161. The van der Waals surface area contributed by atoms with Crippen molar-refractivity contribution in [3.8, 4) is 0 Å². The van der Waals surface area contributed by atoms with Crippen LogP contribution in [0.1, 0.15) is 52.4 Å². The first kappa shape index (κ1) is 13.4. The Morgan fingerprint density at radius 1 is 1.29 bits per heavy atom. The van der Waals surface area contributed by atoms with Gasteiger partial charge in [0.2, 0.25) is 0 Å². The van der Waals surface area contributed by atoms with Crippen LogP contribution in [0.3, 0.4) is 0 Å². The van der Waals surface area contributed by atoms with Crippen LogP contribution in [-0.2, 0) is 4.79 Å². The molecule has 0 saturated heterocycles. The fourth-order valence-corrected chi connectivity index (χ4v) is 1.76. The number of carboxylic acid groups (broad SMARTS) is 1. The summed E-state index contributed by atoms with van der Waals surface area (Å²) in [6.07, 6.45) is 4.01. The maximum absolute atomic E-state index is 12.1. The Morgan fingerprint density at radius 3 is 2.21 bits per heavy atom. The van der Waals surface area contributed by atoms with E-state index in [1.807, 2.05) is 13.8 Å². The Labute approximate surface area is 85.5 Å². The summed E-state index contributed by atoms with van der Waals surface area (Å²) in [7, 11) is 0. The van der Waals surface area contributed by atoms with E-state index in [2.05, 4.69) is 0 Å². The van der Waals surface area contributed by atoms with E-state index >= 15 is 0 Å². The SMILES string of the molecule is CCCCC(CC)(CCCF)C(=O)O. The zero-order valence-electron chi connectivity index (χ0n) is 9.18. The second-order valence-electron chi connectivity index (χ2n) is 3.84. The molecule has 0 heterocycles. The molecule has 0 aliphatic carbocycles. The van der Waals surface area contributed by atoms with Gasteiger partial charge >= 0.3 is 5.97 Å². The highest BCUT2D eigenvalue weighted by molar-refractivity contribution is 5.74. The number of carbonyl (C=O) groups is 1. The molecule has 0 aliphatic rings. The summed E-state index contributed by atoms with van der Waals surface area (Å²) >= 11 is 0. The molecule has 14 heavy (non-hydrogen) atoms. The van der Waals surface area contributed by atoms with Gasteiger partial charge in [-0.2, -0.15) is 0 Å². The highest BCUT2D eigenvalue weighted by Gasteiger charge is 2.35. The van der Waals surface area contributed by atoms with Crippen LogP contribution in [-0.4, -0.2) is 17.8 Å². The van der Waals surface area contributed by atoms with Crippen LogP contribution in [0.2, 0.25) is 0 Å². The minimum atomic E-state index is -0.762. The van der Waals surface area contributed by atoms with Gasteiger partial charge in [-0.15, -0.1) is 0 Å². The lowest BCUT2D eigenvalue weighted by Crippen LogP contribution is -2.30. The molecule has 3 heteroatoms. The summed E-state index contributed by atoms with van der Waals surface area (Å²) in [6.45, 7) is 3.50. The normalized spacial score (nSPS) is 15.1. The molecule has 0 fully saturated rings. The first-order chi connectivity index (χ1) is 6.63. The molecule has 0 saturated carbocycles. The lowest BCUT2D eigenvalue weighted by atomic mass is 9.76. The van der Waals surface area contributed by atoms with Gasteiger partial charge in [0.15, 0.2) is 0 Å². The summed E-state index contributed by atoms with van der Waals surface area (Å²) < 4.78 is 12.1. The Balaban J connectivity index is 4.35. The van der Waals surface area contributed by atoms with Gasteiger partial charge in [0, 0.05) is 0 Å². The predicted molar refractivity (Wildman–Crippen MR) is 55.1 cm³/mol. The van der Waals surface area contributed by atoms with Gasteiger partial charge < -0.3 is 5.11 Å². The summed E-state index contributed by atoms with van der Waals surface area (Å²) in [5, 5.41) is 9.15. The van der Waals surface area contributed by atoms with Crippen molar-refractivity contribution in [3.05, 3.63) is 0 Å². The molecule has 0 bridgehead atoms. The maximum Gasteiger partial charge on any atom is 0.309 e. The highest BCUT2D eigenvalue weighted by atomic mass is 19.1. The quantitative estimate of drug-likeness (QED) is 0.658. The van der Waals surface area contributed by atoms with Crippen molar-refractivity contribution in [3.63, 3.8) is 0 Å². The molecule has 0 aliphatic heterocycles. The molecule has 2 nitrogen and oxygen atoms in total. The average molecular weight is 204 g/mol. The molecule has 0 rings (SSSR count). The molecule has 84 valence electrons. The van der Waals surface area contributed by atoms with Gasteiger partial charge in [0.05, 0.1) is 12.1 Å². The van der Waals surface area contributed by atoms with Crippen molar-refractivity contribution in [2.75, 3.05) is 6.67 Å². The molecule has 0 aromatic carbocycles. The largest absolute Gasteiger partial charge is 0.481 e. The second kappa shape index (κ2) is 6.80. The third kappa shape index (κ3) is 3.64. The van der Waals surface area contributed by atoms with E-state index in [9.17, 15) is 9.18 Å². The van der Waals surface area contributed by atoms with Crippen LogP contribution < -0.4 is 0 Å². The minimum absolute atomic E-state index is 0.365. The fraction of sp³-hybridized carbons (Fsp3) is 0.909. The summed E-state index contributed by atoms with van der Waals surface area (Å²) in [5.74, 6) is -0.762. The van der Waals surface area contributed by atoms with Crippen LogP contribution in [0, 0.1) is 5.41 Å².